The summed E-state index contributed by atoms with van der Waals surface area (Å²) in [7, 11) is 1.46. The zero-order chi connectivity index (χ0) is 13.0. The van der Waals surface area contributed by atoms with Gasteiger partial charge in [-0.05, 0) is 23.6 Å². The zero-order valence-electron chi connectivity index (χ0n) is 9.88. The molecule has 0 aliphatic heterocycles. The number of anilines is 1. The first kappa shape index (κ1) is 11.9. The van der Waals surface area contributed by atoms with Crippen LogP contribution in [0.4, 0.5) is 11.4 Å². The molecule has 1 amide bonds. The third-order valence-corrected chi connectivity index (χ3v) is 2.52. The molecule has 2 aromatic carbocycles. The Kier molecular flexibility index (Phi) is 3.43. The summed E-state index contributed by atoms with van der Waals surface area (Å²) in [6.45, 7) is 0. The highest BCUT2D eigenvalue weighted by atomic mass is 16.5. The number of benzene rings is 2. The summed E-state index contributed by atoms with van der Waals surface area (Å²) < 4.78 is 4.84. The normalized spacial score (nSPS) is 11.3. The molecule has 0 unspecified atom stereocenters. The van der Waals surface area contributed by atoms with Gasteiger partial charge in [0.1, 0.15) is 0 Å². The Morgan fingerprint density at radius 2 is 2.22 bits per heavy atom. The number of aliphatic imine (C=N–C) groups is 1. The van der Waals surface area contributed by atoms with Gasteiger partial charge in [0.2, 0.25) is 6.41 Å². The van der Waals surface area contributed by atoms with E-state index in [1.807, 2.05) is 36.4 Å². The van der Waals surface area contributed by atoms with E-state index in [1.54, 1.807) is 0 Å². The van der Waals surface area contributed by atoms with Gasteiger partial charge in [0, 0.05) is 11.1 Å². The van der Waals surface area contributed by atoms with Crippen LogP contribution in [0.15, 0.2) is 41.4 Å². The minimum Gasteiger partial charge on any atom is -0.469 e. The molecule has 0 aromatic heterocycles. The largest absolute Gasteiger partial charge is 0.469 e. The number of carbonyl (C=O) groups is 1. The van der Waals surface area contributed by atoms with Crippen LogP contribution < -0.4 is 11.1 Å². The van der Waals surface area contributed by atoms with Crippen molar-refractivity contribution in [2.75, 3.05) is 12.4 Å². The number of rotatable bonds is 3. The molecule has 2 aromatic rings. The minimum absolute atomic E-state index is 0.0937. The van der Waals surface area contributed by atoms with Gasteiger partial charge in [0.05, 0.1) is 12.8 Å². The fourth-order valence-electron chi connectivity index (χ4n) is 1.68. The second kappa shape index (κ2) is 5.18. The van der Waals surface area contributed by atoms with Crippen molar-refractivity contribution in [3.8, 4) is 0 Å². The third kappa shape index (κ3) is 2.40. The lowest BCUT2D eigenvalue weighted by Crippen LogP contribution is -2.12. The highest BCUT2D eigenvalue weighted by Gasteiger charge is 2.02. The number of ether oxygens (including phenoxy) is 1. The average molecular weight is 243 g/mol. The van der Waals surface area contributed by atoms with Crippen LogP contribution in [0.25, 0.3) is 10.8 Å². The van der Waals surface area contributed by atoms with E-state index in [1.165, 1.54) is 7.11 Å². The van der Waals surface area contributed by atoms with Gasteiger partial charge in [-0.3, -0.25) is 4.79 Å². The lowest BCUT2D eigenvalue weighted by Gasteiger charge is -2.05. The summed E-state index contributed by atoms with van der Waals surface area (Å²) in [6.07, 6.45) is 0.635. The fourth-order valence-corrected chi connectivity index (χ4v) is 1.68. The summed E-state index contributed by atoms with van der Waals surface area (Å²) >= 11 is 0. The van der Waals surface area contributed by atoms with E-state index in [2.05, 4.69) is 10.3 Å². The molecule has 0 aliphatic carbocycles. The van der Waals surface area contributed by atoms with Gasteiger partial charge in [-0.1, -0.05) is 18.2 Å². The number of methoxy groups -OCH3 is 1. The van der Waals surface area contributed by atoms with Gasteiger partial charge in [0.25, 0.3) is 6.02 Å². The van der Waals surface area contributed by atoms with Crippen molar-refractivity contribution in [1.82, 2.24) is 0 Å². The highest BCUT2D eigenvalue weighted by molar-refractivity contribution is 5.97. The maximum absolute atomic E-state index is 10.4. The van der Waals surface area contributed by atoms with Crippen LogP contribution in [-0.4, -0.2) is 19.5 Å². The quantitative estimate of drug-likeness (QED) is 0.491. The van der Waals surface area contributed by atoms with Gasteiger partial charge in [0.15, 0.2) is 0 Å². The van der Waals surface area contributed by atoms with Crippen molar-refractivity contribution in [3.63, 3.8) is 0 Å². The van der Waals surface area contributed by atoms with Crippen molar-refractivity contribution in [2.45, 2.75) is 0 Å². The molecular formula is C13H13N3O2. The molecule has 0 atom stereocenters. The van der Waals surface area contributed by atoms with Crippen LogP contribution in [0.3, 0.4) is 0 Å². The van der Waals surface area contributed by atoms with E-state index < -0.39 is 0 Å². The summed E-state index contributed by atoms with van der Waals surface area (Å²) in [5.74, 6) is 0. The monoisotopic (exact) mass is 243 g/mol. The summed E-state index contributed by atoms with van der Waals surface area (Å²) in [5, 5.41) is 4.51. The maximum Gasteiger partial charge on any atom is 0.286 e. The van der Waals surface area contributed by atoms with Gasteiger partial charge in [-0.25, -0.2) is 0 Å². The Labute approximate surface area is 104 Å². The van der Waals surface area contributed by atoms with Crippen LogP contribution >= 0.6 is 0 Å². The summed E-state index contributed by atoms with van der Waals surface area (Å²) in [6, 6.07) is 11.3. The van der Waals surface area contributed by atoms with Gasteiger partial charge < -0.3 is 15.8 Å². The Morgan fingerprint density at radius 3 is 2.94 bits per heavy atom. The summed E-state index contributed by atoms with van der Waals surface area (Å²) in [4.78, 5) is 14.6. The highest BCUT2D eigenvalue weighted by Crippen LogP contribution is 2.28. The van der Waals surface area contributed by atoms with Crippen LogP contribution in [0.5, 0.6) is 0 Å². The van der Waals surface area contributed by atoms with Crippen LogP contribution in [-0.2, 0) is 9.53 Å². The van der Waals surface area contributed by atoms with Gasteiger partial charge in [-0.15, -0.1) is 0 Å². The number of amides is 1. The number of amidine groups is 1. The molecule has 0 saturated heterocycles. The molecule has 0 radical (unpaired) electrons. The molecular weight excluding hydrogens is 230 g/mol. The predicted octanol–water partition coefficient (Wildman–Crippen LogP) is 2.00. The Balaban J connectivity index is 2.58. The number of carbonyl (C=O) groups excluding carboxylic acids is 1. The molecule has 5 nitrogen and oxygen atoms in total. The first-order valence-electron chi connectivity index (χ1n) is 5.35. The van der Waals surface area contributed by atoms with Crippen LogP contribution in [0, 0.1) is 0 Å². The Hall–Kier alpha value is -2.56. The van der Waals surface area contributed by atoms with E-state index >= 15 is 0 Å². The predicted molar refractivity (Wildman–Crippen MR) is 71.9 cm³/mol. The Morgan fingerprint density at radius 1 is 1.39 bits per heavy atom. The molecule has 0 saturated carbocycles. The Bertz CT molecular complexity index is 608. The molecule has 0 fully saturated rings. The van der Waals surface area contributed by atoms with Crippen LogP contribution in [0.1, 0.15) is 0 Å². The van der Waals surface area contributed by atoms with Crippen molar-refractivity contribution in [1.29, 1.82) is 0 Å². The maximum atomic E-state index is 10.4. The van der Waals surface area contributed by atoms with E-state index in [0.717, 1.165) is 10.8 Å². The van der Waals surface area contributed by atoms with Crippen molar-refractivity contribution in [3.05, 3.63) is 36.4 Å². The van der Waals surface area contributed by atoms with Gasteiger partial charge in [-0.2, -0.15) is 4.99 Å². The van der Waals surface area contributed by atoms with Crippen molar-refractivity contribution in [2.24, 2.45) is 10.7 Å². The van der Waals surface area contributed by atoms with Crippen molar-refractivity contribution < 1.29 is 9.53 Å². The van der Waals surface area contributed by atoms with E-state index in [-0.39, 0.29) is 6.02 Å². The molecule has 5 heteroatoms. The SMILES string of the molecule is COC(N)=Nc1cccc2ccc(NC=O)cc12. The number of fused-ring (bicyclic) bond motifs is 1. The van der Waals surface area contributed by atoms with E-state index in [0.29, 0.717) is 17.8 Å². The molecule has 3 N–H and O–H groups in total. The average Bonchev–Trinajstić information content (AvgIpc) is 2.39. The third-order valence-electron chi connectivity index (χ3n) is 2.52. The fraction of sp³-hybridized carbons (Fsp3) is 0.0769. The summed E-state index contributed by atoms with van der Waals surface area (Å²) in [5.41, 5.74) is 6.95. The second-order valence-electron chi connectivity index (χ2n) is 3.63. The lowest BCUT2D eigenvalue weighted by molar-refractivity contribution is -0.105. The molecule has 0 bridgehead atoms. The van der Waals surface area contributed by atoms with Gasteiger partial charge >= 0.3 is 0 Å². The number of nitrogens with one attached hydrogen (secondary N) is 1. The zero-order valence-corrected chi connectivity index (χ0v) is 9.88. The molecule has 2 rings (SSSR count). The molecule has 0 spiro atoms. The topological polar surface area (TPSA) is 76.7 Å². The smallest absolute Gasteiger partial charge is 0.286 e. The first-order valence-corrected chi connectivity index (χ1v) is 5.35. The number of hydrogen-bond donors (Lipinski definition) is 2. The molecule has 18 heavy (non-hydrogen) atoms. The van der Waals surface area contributed by atoms with E-state index in [4.69, 9.17) is 10.5 Å². The number of nitrogens with two attached hydrogens (primary N) is 1. The van der Waals surface area contributed by atoms with Crippen molar-refractivity contribution >= 4 is 34.6 Å². The number of hydrogen-bond acceptors (Lipinski definition) is 3. The first-order chi connectivity index (χ1) is 8.74. The lowest BCUT2D eigenvalue weighted by atomic mass is 10.1. The second-order valence-corrected chi connectivity index (χ2v) is 3.63. The van der Waals surface area contributed by atoms with E-state index in [9.17, 15) is 4.79 Å². The minimum atomic E-state index is 0.0937. The molecule has 0 aliphatic rings. The molecule has 0 heterocycles. The standard InChI is InChI=1S/C13H13N3O2/c1-18-13(14)16-12-4-2-3-9-5-6-10(15-8-17)7-11(9)12/h2-8H,1H3,(H2,14,16)(H,15,17). The van der Waals surface area contributed by atoms with Crippen LogP contribution in [0.2, 0.25) is 0 Å². The number of nitrogens with zero attached hydrogens (tertiary/aromatic N) is 1. The molecule has 92 valence electrons.